The quantitative estimate of drug-likeness (QED) is 0.820. The maximum atomic E-state index is 12.8. The topological polar surface area (TPSA) is 46.2 Å². The van der Waals surface area contributed by atoms with Crippen LogP contribution in [0.25, 0.3) is 0 Å². The molecule has 2 rings (SSSR count). The fourth-order valence-corrected chi connectivity index (χ4v) is 6.81. The molecule has 3 nitrogen and oxygen atoms in total. The molecule has 0 aliphatic heterocycles. The first-order chi connectivity index (χ1) is 9.56. The third kappa shape index (κ3) is 3.97. The molecule has 2 aliphatic carbocycles. The van der Waals surface area contributed by atoms with E-state index in [4.69, 9.17) is 0 Å². The van der Waals surface area contributed by atoms with Crippen molar-refractivity contribution in [2.75, 3.05) is 12.8 Å². The maximum absolute atomic E-state index is 12.8. The summed E-state index contributed by atoms with van der Waals surface area (Å²) >= 11 is 0. The van der Waals surface area contributed by atoms with E-state index >= 15 is 0 Å². The van der Waals surface area contributed by atoms with Crippen LogP contribution < -0.4 is 5.32 Å². The van der Waals surface area contributed by atoms with Crippen molar-refractivity contribution in [3.8, 4) is 0 Å². The Morgan fingerprint density at radius 2 is 1.75 bits per heavy atom. The standard InChI is InChI=1S/C16H31NO2S/c1-3-6-13-9-10-15(17-2)16(11-13)20(18,19)12-14-7-4-5-8-14/h13-17H,3-12H2,1-2H3. The monoisotopic (exact) mass is 301 g/mol. The lowest BCUT2D eigenvalue weighted by molar-refractivity contribution is 0.287. The SMILES string of the molecule is CCCC1CCC(NC)C(S(=O)(=O)CC2CCCC2)C1. The third-order valence-corrected chi connectivity index (χ3v) is 7.75. The molecule has 0 aromatic carbocycles. The second-order valence-electron chi connectivity index (χ2n) is 6.88. The molecule has 20 heavy (non-hydrogen) atoms. The summed E-state index contributed by atoms with van der Waals surface area (Å²) in [7, 11) is -1.02. The van der Waals surface area contributed by atoms with Gasteiger partial charge in [-0.25, -0.2) is 8.42 Å². The molecule has 0 heterocycles. The summed E-state index contributed by atoms with van der Waals surface area (Å²) in [6, 6.07) is 0.175. The van der Waals surface area contributed by atoms with E-state index in [1.54, 1.807) is 0 Å². The summed E-state index contributed by atoms with van der Waals surface area (Å²) in [5.41, 5.74) is 0. The second-order valence-corrected chi connectivity index (χ2v) is 9.15. The molecular formula is C16H31NO2S. The summed E-state index contributed by atoms with van der Waals surface area (Å²) in [6.07, 6.45) is 10.1. The molecule has 2 aliphatic rings. The predicted octanol–water partition coefficient (Wildman–Crippen LogP) is 3.15. The van der Waals surface area contributed by atoms with E-state index in [1.165, 1.54) is 32.1 Å². The van der Waals surface area contributed by atoms with Gasteiger partial charge < -0.3 is 5.32 Å². The van der Waals surface area contributed by atoms with Gasteiger partial charge in [-0.15, -0.1) is 0 Å². The fraction of sp³-hybridized carbons (Fsp3) is 1.00. The van der Waals surface area contributed by atoms with Crippen LogP contribution in [0.5, 0.6) is 0 Å². The Balaban J connectivity index is 2.04. The third-order valence-electron chi connectivity index (χ3n) is 5.37. The zero-order valence-electron chi connectivity index (χ0n) is 13.1. The lowest BCUT2D eigenvalue weighted by atomic mass is 9.83. The van der Waals surface area contributed by atoms with E-state index in [2.05, 4.69) is 12.2 Å². The van der Waals surface area contributed by atoms with Crippen molar-refractivity contribution in [2.24, 2.45) is 11.8 Å². The summed E-state index contributed by atoms with van der Waals surface area (Å²) in [5, 5.41) is 3.13. The van der Waals surface area contributed by atoms with E-state index in [0.29, 0.717) is 17.6 Å². The average molecular weight is 301 g/mol. The van der Waals surface area contributed by atoms with Gasteiger partial charge in [0.05, 0.1) is 11.0 Å². The van der Waals surface area contributed by atoms with Crippen molar-refractivity contribution < 1.29 is 8.42 Å². The van der Waals surface area contributed by atoms with Gasteiger partial charge in [0.1, 0.15) is 0 Å². The van der Waals surface area contributed by atoms with Gasteiger partial charge in [-0.05, 0) is 51.0 Å². The van der Waals surface area contributed by atoms with Crippen LogP contribution in [0.2, 0.25) is 0 Å². The Morgan fingerprint density at radius 1 is 1.05 bits per heavy atom. The van der Waals surface area contributed by atoms with Crippen LogP contribution in [0.15, 0.2) is 0 Å². The van der Waals surface area contributed by atoms with Gasteiger partial charge >= 0.3 is 0 Å². The van der Waals surface area contributed by atoms with E-state index < -0.39 is 9.84 Å². The van der Waals surface area contributed by atoms with E-state index in [9.17, 15) is 8.42 Å². The highest BCUT2D eigenvalue weighted by atomic mass is 32.2. The van der Waals surface area contributed by atoms with Gasteiger partial charge in [0.25, 0.3) is 0 Å². The molecule has 4 heteroatoms. The molecule has 0 aromatic heterocycles. The molecule has 0 radical (unpaired) electrons. The molecule has 1 N–H and O–H groups in total. The molecule has 3 unspecified atom stereocenters. The first-order valence-electron chi connectivity index (χ1n) is 8.45. The molecule has 3 atom stereocenters. The minimum atomic E-state index is -2.94. The molecule has 0 bridgehead atoms. The van der Waals surface area contributed by atoms with Gasteiger partial charge in [0.2, 0.25) is 0 Å². The van der Waals surface area contributed by atoms with Crippen molar-refractivity contribution in [3.05, 3.63) is 0 Å². The smallest absolute Gasteiger partial charge is 0.154 e. The van der Waals surface area contributed by atoms with E-state index in [1.807, 2.05) is 7.05 Å². The van der Waals surface area contributed by atoms with Crippen LogP contribution in [-0.2, 0) is 9.84 Å². The lowest BCUT2D eigenvalue weighted by Gasteiger charge is -2.36. The number of rotatable bonds is 6. The van der Waals surface area contributed by atoms with E-state index in [0.717, 1.165) is 25.7 Å². The molecule has 0 saturated heterocycles. The Bertz CT molecular complexity index is 387. The first kappa shape index (κ1) is 16.3. The van der Waals surface area contributed by atoms with Gasteiger partial charge in [0, 0.05) is 6.04 Å². The highest BCUT2D eigenvalue weighted by Crippen LogP contribution is 2.34. The van der Waals surface area contributed by atoms with Crippen molar-refractivity contribution in [2.45, 2.75) is 76.0 Å². The number of hydrogen-bond acceptors (Lipinski definition) is 3. The molecular weight excluding hydrogens is 270 g/mol. The van der Waals surface area contributed by atoms with Crippen LogP contribution in [-0.4, -0.2) is 32.5 Å². The van der Waals surface area contributed by atoms with Crippen LogP contribution >= 0.6 is 0 Å². The number of hydrogen-bond donors (Lipinski definition) is 1. The Hall–Kier alpha value is -0.0900. The Labute approximate surface area is 124 Å². The summed E-state index contributed by atoms with van der Waals surface area (Å²) in [5.74, 6) is 1.49. The summed E-state index contributed by atoms with van der Waals surface area (Å²) < 4.78 is 25.6. The highest BCUT2D eigenvalue weighted by molar-refractivity contribution is 7.92. The molecule has 0 aromatic rings. The van der Waals surface area contributed by atoms with Crippen molar-refractivity contribution in [1.29, 1.82) is 0 Å². The van der Waals surface area contributed by atoms with Crippen molar-refractivity contribution >= 4 is 9.84 Å². The highest BCUT2D eigenvalue weighted by Gasteiger charge is 2.39. The summed E-state index contributed by atoms with van der Waals surface area (Å²) in [4.78, 5) is 0. The molecule has 2 saturated carbocycles. The van der Waals surface area contributed by atoms with Crippen molar-refractivity contribution in [3.63, 3.8) is 0 Å². The molecule has 0 spiro atoms. The average Bonchev–Trinajstić information content (AvgIpc) is 2.91. The fourth-order valence-electron chi connectivity index (χ4n) is 4.24. The van der Waals surface area contributed by atoms with Crippen LogP contribution in [0, 0.1) is 11.8 Å². The minimum absolute atomic E-state index is 0.140. The van der Waals surface area contributed by atoms with Gasteiger partial charge in [-0.3, -0.25) is 0 Å². The van der Waals surface area contributed by atoms with E-state index in [-0.39, 0.29) is 11.3 Å². The minimum Gasteiger partial charge on any atom is -0.316 e. The van der Waals surface area contributed by atoms with Gasteiger partial charge in [-0.2, -0.15) is 0 Å². The molecule has 0 amide bonds. The van der Waals surface area contributed by atoms with Crippen LogP contribution in [0.3, 0.4) is 0 Å². The number of sulfone groups is 1. The van der Waals surface area contributed by atoms with Crippen LogP contribution in [0.1, 0.15) is 64.7 Å². The normalized spacial score (nSPS) is 32.6. The largest absolute Gasteiger partial charge is 0.316 e. The first-order valence-corrected chi connectivity index (χ1v) is 10.2. The predicted molar refractivity (Wildman–Crippen MR) is 84.6 cm³/mol. The zero-order chi connectivity index (χ0) is 14.6. The van der Waals surface area contributed by atoms with Gasteiger partial charge in [0.15, 0.2) is 9.84 Å². The molecule has 118 valence electrons. The Morgan fingerprint density at radius 3 is 2.35 bits per heavy atom. The van der Waals surface area contributed by atoms with Gasteiger partial charge in [-0.1, -0.05) is 32.6 Å². The summed E-state index contributed by atoms with van der Waals surface area (Å²) in [6.45, 7) is 2.20. The maximum Gasteiger partial charge on any atom is 0.154 e. The van der Waals surface area contributed by atoms with Crippen molar-refractivity contribution in [1.82, 2.24) is 5.32 Å². The lowest BCUT2D eigenvalue weighted by Crippen LogP contribution is -2.48. The van der Waals surface area contributed by atoms with Crippen LogP contribution in [0.4, 0.5) is 0 Å². The number of nitrogens with one attached hydrogen (secondary N) is 1. The second kappa shape index (κ2) is 7.26. The molecule has 2 fully saturated rings. The Kier molecular flexibility index (Phi) is 5.91. The zero-order valence-corrected chi connectivity index (χ0v) is 13.9.